The molecule has 2 amide bonds. The van der Waals surface area contributed by atoms with E-state index in [4.69, 9.17) is 0 Å². The van der Waals surface area contributed by atoms with Crippen LogP contribution in [0.3, 0.4) is 0 Å². The van der Waals surface area contributed by atoms with Crippen LogP contribution in [0.5, 0.6) is 0 Å². The number of alkyl halides is 3. The number of halogens is 3. The molecule has 202 valence electrons. The van der Waals surface area contributed by atoms with E-state index in [0.29, 0.717) is 6.54 Å². The molecule has 1 aromatic heterocycles. The summed E-state index contributed by atoms with van der Waals surface area (Å²) in [6.07, 6.45) is -3.15. The number of aromatic nitrogens is 1. The number of nitrogens with zero attached hydrogens (tertiary/aromatic N) is 2. The normalized spacial score (nSPS) is 13.3. The number of para-hydroxylation sites is 1. The molecule has 7 nitrogen and oxygen atoms in total. The van der Waals surface area contributed by atoms with Crippen LogP contribution in [0.4, 0.5) is 23.7 Å². The summed E-state index contributed by atoms with van der Waals surface area (Å²) in [7, 11) is -4.36. The maximum atomic E-state index is 13.5. The first-order valence-electron chi connectivity index (χ1n) is 12.2. The third-order valence-electron chi connectivity index (χ3n) is 6.71. The number of benzene rings is 3. The summed E-state index contributed by atoms with van der Waals surface area (Å²) in [4.78, 5) is 27.5. The Morgan fingerprint density at radius 1 is 1.03 bits per heavy atom. The topological polar surface area (TPSA) is 88.5 Å². The second-order valence-corrected chi connectivity index (χ2v) is 11.1. The molecule has 1 N–H and O–H groups in total. The third-order valence-corrected chi connectivity index (χ3v) is 8.05. The maximum Gasteiger partial charge on any atom is 0.416 e. The number of urea groups is 1. The number of carbonyl (C=O) groups is 1. The van der Waals surface area contributed by atoms with Gasteiger partial charge >= 0.3 is 12.2 Å². The van der Waals surface area contributed by atoms with Gasteiger partial charge in [0.25, 0.3) is 15.6 Å². The van der Waals surface area contributed by atoms with Gasteiger partial charge in [-0.1, -0.05) is 42.0 Å². The molecule has 1 aliphatic rings. The summed E-state index contributed by atoms with van der Waals surface area (Å²) in [5.41, 5.74) is 1.12. The molecule has 1 aliphatic heterocycles. The standard InChI is InChI=1S/C28H24F3N3O4S/c1-18-10-12-24(13-11-18)39(37,38)32-27(36)34(23-9-3-8-22(16-23)28(29,30)31)17-21-15-20-6-2-5-19-7-4-14-33(25(19)20)26(21)35/h2-3,5-6,8-13,15-16H,4,7,14,17H2,1H3,(H,32,36). The van der Waals surface area contributed by atoms with Crippen LogP contribution in [0.25, 0.3) is 10.9 Å². The molecule has 0 fully saturated rings. The van der Waals surface area contributed by atoms with Gasteiger partial charge in [0.15, 0.2) is 0 Å². The Morgan fingerprint density at radius 2 is 1.74 bits per heavy atom. The number of aryl methyl sites for hydroxylation is 3. The number of carbonyl (C=O) groups excluding carboxylic acids is 1. The molecule has 0 saturated carbocycles. The molecule has 0 unspecified atom stereocenters. The summed E-state index contributed by atoms with van der Waals surface area (Å²) in [6.45, 7) is 1.77. The predicted octanol–water partition coefficient (Wildman–Crippen LogP) is 5.38. The summed E-state index contributed by atoms with van der Waals surface area (Å²) in [6, 6.07) is 15.7. The number of sulfonamides is 1. The van der Waals surface area contributed by atoms with Gasteiger partial charge in [0.05, 0.1) is 22.5 Å². The Labute approximate surface area is 222 Å². The zero-order valence-electron chi connectivity index (χ0n) is 20.8. The van der Waals surface area contributed by atoms with Crippen LogP contribution in [0.15, 0.2) is 82.5 Å². The van der Waals surface area contributed by atoms with E-state index >= 15 is 0 Å². The Balaban J connectivity index is 1.59. The minimum Gasteiger partial charge on any atom is -0.308 e. The third kappa shape index (κ3) is 5.26. The lowest BCUT2D eigenvalue weighted by molar-refractivity contribution is -0.137. The van der Waals surface area contributed by atoms with Crippen molar-refractivity contribution in [3.8, 4) is 0 Å². The van der Waals surface area contributed by atoms with Gasteiger partial charge in [0.1, 0.15) is 0 Å². The number of nitrogens with one attached hydrogen (secondary N) is 1. The molecule has 0 spiro atoms. The van der Waals surface area contributed by atoms with Crippen LogP contribution in [-0.4, -0.2) is 19.0 Å². The van der Waals surface area contributed by atoms with E-state index in [1.807, 2.05) is 22.9 Å². The largest absolute Gasteiger partial charge is 0.416 e. The van der Waals surface area contributed by atoms with Gasteiger partial charge in [0.2, 0.25) is 0 Å². The van der Waals surface area contributed by atoms with Crippen LogP contribution in [0, 0.1) is 6.92 Å². The Kier molecular flexibility index (Phi) is 6.71. The van der Waals surface area contributed by atoms with Crippen molar-refractivity contribution in [2.75, 3.05) is 4.90 Å². The SMILES string of the molecule is Cc1ccc(S(=O)(=O)NC(=O)N(Cc2cc3cccc4c3n(c2=O)CCC4)c2cccc(C(F)(F)F)c2)cc1. The van der Waals surface area contributed by atoms with E-state index in [-0.39, 0.29) is 21.7 Å². The minimum atomic E-state index is -4.70. The molecule has 0 radical (unpaired) electrons. The van der Waals surface area contributed by atoms with E-state index < -0.39 is 34.3 Å². The van der Waals surface area contributed by atoms with Crippen molar-refractivity contribution in [3.05, 3.63) is 105 Å². The fourth-order valence-corrected chi connectivity index (χ4v) is 5.74. The predicted molar refractivity (Wildman–Crippen MR) is 141 cm³/mol. The molecule has 11 heteroatoms. The van der Waals surface area contributed by atoms with Crippen LogP contribution in [0.2, 0.25) is 0 Å². The number of anilines is 1. The highest BCUT2D eigenvalue weighted by Crippen LogP contribution is 2.32. The quantitative estimate of drug-likeness (QED) is 0.358. The summed E-state index contributed by atoms with van der Waals surface area (Å²) in [5.74, 6) is 0. The van der Waals surface area contributed by atoms with Gasteiger partial charge in [-0.25, -0.2) is 17.9 Å². The van der Waals surface area contributed by atoms with Crippen molar-refractivity contribution >= 4 is 32.6 Å². The van der Waals surface area contributed by atoms with Gasteiger partial charge in [-0.3, -0.25) is 9.69 Å². The molecule has 39 heavy (non-hydrogen) atoms. The lowest BCUT2D eigenvalue weighted by Crippen LogP contribution is -2.44. The molecular weight excluding hydrogens is 531 g/mol. The zero-order valence-corrected chi connectivity index (χ0v) is 21.6. The summed E-state index contributed by atoms with van der Waals surface area (Å²) >= 11 is 0. The van der Waals surface area contributed by atoms with Crippen LogP contribution >= 0.6 is 0 Å². The van der Waals surface area contributed by atoms with Crippen LogP contribution in [-0.2, 0) is 35.7 Å². The smallest absolute Gasteiger partial charge is 0.308 e. The number of rotatable bonds is 5. The average molecular weight is 556 g/mol. The van der Waals surface area contributed by atoms with Gasteiger partial charge in [-0.2, -0.15) is 13.2 Å². The van der Waals surface area contributed by atoms with Gasteiger partial charge in [-0.05, 0) is 67.1 Å². The van der Waals surface area contributed by atoms with Crippen LogP contribution < -0.4 is 15.2 Å². The number of pyridine rings is 1. The fourth-order valence-electron chi connectivity index (χ4n) is 4.78. The van der Waals surface area contributed by atoms with E-state index in [2.05, 4.69) is 0 Å². The molecule has 4 aromatic rings. The molecule has 5 rings (SSSR count). The highest BCUT2D eigenvalue weighted by molar-refractivity contribution is 7.90. The molecule has 3 aromatic carbocycles. The summed E-state index contributed by atoms with van der Waals surface area (Å²) in [5, 5.41) is 0.749. The maximum absolute atomic E-state index is 13.5. The van der Waals surface area contributed by atoms with Crippen molar-refractivity contribution in [2.24, 2.45) is 0 Å². The molecule has 0 aliphatic carbocycles. The first kappa shape index (κ1) is 26.5. The monoisotopic (exact) mass is 555 g/mol. The second-order valence-electron chi connectivity index (χ2n) is 9.44. The van der Waals surface area contributed by atoms with Crippen molar-refractivity contribution in [3.63, 3.8) is 0 Å². The number of hydrogen-bond acceptors (Lipinski definition) is 4. The molecule has 0 atom stereocenters. The van der Waals surface area contributed by atoms with E-state index in [9.17, 15) is 31.2 Å². The Bertz CT molecular complexity index is 1750. The average Bonchev–Trinajstić information content (AvgIpc) is 2.89. The van der Waals surface area contributed by atoms with E-state index in [1.165, 1.54) is 18.2 Å². The second kappa shape index (κ2) is 9.88. The number of amides is 2. The summed E-state index contributed by atoms with van der Waals surface area (Å²) < 4.78 is 69.9. The zero-order chi connectivity index (χ0) is 27.9. The minimum absolute atomic E-state index is 0.141. The van der Waals surface area contributed by atoms with Crippen molar-refractivity contribution in [1.29, 1.82) is 0 Å². The molecule has 0 bridgehead atoms. The highest BCUT2D eigenvalue weighted by Gasteiger charge is 2.32. The van der Waals surface area contributed by atoms with E-state index in [0.717, 1.165) is 58.0 Å². The van der Waals surface area contributed by atoms with Crippen LogP contribution in [0.1, 0.15) is 28.7 Å². The van der Waals surface area contributed by atoms with Gasteiger partial charge in [-0.15, -0.1) is 0 Å². The first-order valence-corrected chi connectivity index (χ1v) is 13.6. The molecular formula is C28H24F3N3O4S. The van der Waals surface area contributed by atoms with Crippen molar-refractivity contribution in [1.82, 2.24) is 9.29 Å². The molecule has 0 saturated heterocycles. The number of hydrogen-bond donors (Lipinski definition) is 1. The Hall–Kier alpha value is -4.12. The lowest BCUT2D eigenvalue weighted by Gasteiger charge is -2.25. The highest BCUT2D eigenvalue weighted by atomic mass is 32.2. The van der Waals surface area contributed by atoms with Gasteiger partial charge < -0.3 is 4.57 Å². The van der Waals surface area contributed by atoms with Crippen molar-refractivity contribution in [2.45, 2.75) is 43.9 Å². The lowest BCUT2D eigenvalue weighted by atomic mass is 10.00. The van der Waals surface area contributed by atoms with E-state index in [1.54, 1.807) is 29.7 Å². The molecule has 2 heterocycles. The fraction of sp³-hybridized carbons (Fsp3) is 0.214. The Morgan fingerprint density at radius 3 is 2.46 bits per heavy atom. The van der Waals surface area contributed by atoms with Gasteiger partial charge in [0, 0.05) is 17.8 Å². The first-order chi connectivity index (χ1) is 18.4. The van der Waals surface area contributed by atoms with Crippen molar-refractivity contribution < 1.29 is 26.4 Å².